The number of aromatic carboxylic acids is 1. The van der Waals surface area contributed by atoms with Crippen LogP contribution in [0.5, 0.6) is 0 Å². The standard InChI is InChI=1S/C15H13Cl2NO2/c1-9(11-4-7-13(16)14(17)8-11)18-12-5-2-10(3-6-12)15(19)20/h2-9,18H,1H3,(H,19,20). The lowest BCUT2D eigenvalue weighted by Gasteiger charge is -2.16. The Morgan fingerprint density at radius 1 is 1.10 bits per heavy atom. The summed E-state index contributed by atoms with van der Waals surface area (Å²) in [7, 11) is 0. The van der Waals surface area contributed by atoms with Gasteiger partial charge >= 0.3 is 5.97 Å². The summed E-state index contributed by atoms with van der Waals surface area (Å²) in [6.07, 6.45) is 0. The molecule has 2 rings (SSSR count). The van der Waals surface area contributed by atoms with Gasteiger partial charge in [-0.05, 0) is 48.9 Å². The molecule has 2 aromatic rings. The van der Waals surface area contributed by atoms with Gasteiger partial charge in [0.1, 0.15) is 0 Å². The third-order valence-corrected chi connectivity index (χ3v) is 3.70. The molecule has 0 bridgehead atoms. The van der Waals surface area contributed by atoms with Gasteiger partial charge in [0.15, 0.2) is 0 Å². The summed E-state index contributed by atoms with van der Waals surface area (Å²) in [6.45, 7) is 1.99. The molecule has 0 spiro atoms. The monoisotopic (exact) mass is 309 g/mol. The summed E-state index contributed by atoms with van der Waals surface area (Å²) in [4.78, 5) is 10.8. The van der Waals surface area contributed by atoms with Gasteiger partial charge in [-0.1, -0.05) is 29.3 Å². The van der Waals surface area contributed by atoms with Crippen LogP contribution in [0.2, 0.25) is 10.0 Å². The lowest BCUT2D eigenvalue weighted by atomic mass is 10.1. The lowest BCUT2D eigenvalue weighted by molar-refractivity contribution is 0.0697. The number of carboxylic acids is 1. The Bertz CT molecular complexity index is 626. The van der Waals surface area contributed by atoms with E-state index in [1.165, 1.54) is 0 Å². The maximum Gasteiger partial charge on any atom is 0.335 e. The summed E-state index contributed by atoms with van der Waals surface area (Å²) >= 11 is 11.9. The number of hydrogen-bond donors (Lipinski definition) is 2. The van der Waals surface area contributed by atoms with Crippen LogP contribution in [0.25, 0.3) is 0 Å². The van der Waals surface area contributed by atoms with Crippen molar-refractivity contribution in [2.75, 3.05) is 5.32 Å². The lowest BCUT2D eigenvalue weighted by Crippen LogP contribution is -2.07. The van der Waals surface area contributed by atoms with E-state index in [4.69, 9.17) is 28.3 Å². The van der Waals surface area contributed by atoms with Crippen LogP contribution in [0.15, 0.2) is 42.5 Å². The Morgan fingerprint density at radius 3 is 2.30 bits per heavy atom. The van der Waals surface area contributed by atoms with Crippen LogP contribution in [0, 0.1) is 0 Å². The van der Waals surface area contributed by atoms with Gasteiger partial charge in [-0.3, -0.25) is 0 Å². The van der Waals surface area contributed by atoms with Gasteiger partial charge in [0.05, 0.1) is 15.6 Å². The number of anilines is 1. The minimum absolute atomic E-state index is 0.0282. The number of benzene rings is 2. The smallest absolute Gasteiger partial charge is 0.335 e. The predicted octanol–water partition coefficient (Wildman–Crippen LogP) is 4.86. The van der Waals surface area contributed by atoms with Gasteiger partial charge in [0, 0.05) is 11.7 Å². The molecule has 2 N–H and O–H groups in total. The van der Waals surface area contributed by atoms with Crippen LogP contribution in [0.3, 0.4) is 0 Å². The second-order valence-electron chi connectivity index (χ2n) is 4.42. The van der Waals surface area contributed by atoms with Crippen molar-refractivity contribution in [1.29, 1.82) is 0 Å². The zero-order chi connectivity index (χ0) is 14.7. The number of rotatable bonds is 4. The molecule has 0 aliphatic carbocycles. The molecular weight excluding hydrogens is 297 g/mol. The van der Waals surface area contributed by atoms with E-state index in [0.29, 0.717) is 10.0 Å². The molecule has 20 heavy (non-hydrogen) atoms. The first-order valence-electron chi connectivity index (χ1n) is 6.02. The summed E-state index contributed by atoms with van der Waals surface area (Å²) in [5.74, 6) is -0.936. The van der Waals surface area contributed by atoms with Crippen LogP contribution in [0.4, 0.5) is 5.69 Å². The highest BCUT2D eigenvalue weighted by Gasteiger charge is 2.08. The van der Waals surface area contributed by atoms with Gasteiger partial charge in [0.25, 0.3) is 0 Å². The fraction of sp³-hybridized carbons (Fsp3) is 0.133. The minimum Gasteiger partial charge on any atom is -0.478 e. The van der Waals surface area contributed by atoms with E-state index < -0.39 is 5.97 Å². The first kappa shape index (κ1) is 14.7. The fourth-order valence-electron chi connectivity index (χ4n) is 1.82. The molecule has 0 saturated heterocycles. The van der Waals surface area contributed by atoms with E-state index in [0.717, 1.165) is 11.3 Å². The Morgan fingerprint density at radius 2 is 1.75 bits per heavy atom. The topological polar surface area (TPSA) is 49.3 Å². The van der Waals surface area contributed by atoms with Crippen LogP contribution in [-0.4, -0.2) is 11.1 Å². The summed E-state index contributed by atoms with van der Waals surface area (Å²) < 4.78 is 0. The van der Waals surface area contributed by atoms with Gasteiger partial charge in [-0.2, -0.15) is 0 Å². The highest BCUT2D eigenvalue weighted by Crippen LogP contribution is 2.27. The molecule has 2 aromatic carbocycles. The van der Waals surface area contributed by atoms with E-state index in [2.05, 4.69) is 5.32 Å². The Balaban J connectivity index is 2.12. The summed E-state index contributed by atoms with van der Waals surface area (Å²) in [5, 5.41) is 13.2. The third-order valence-electron chi connectivity index (χ3n) is 2.96. The summed E-state index contributed by atoms with van der Waals surface area (Å²) in [5.41, 5.74) is 2.10. The average molecular weight is 310 g/mol. The van der Waals surface area contributed by atoms with Crippen LogP contribution in [-0.2, 0) is 0 Å². The third kappa shape index (κ3) is 3.44. The molecule has 0 aliphatic rings. The maximum atomic E-state index is 10.8. The zero-order valence-electron chi connectivity index (χ0n) is 10.7. The molecule has 0 aliphatic heterocycles. The first-order valence-corrected chi connectivity index (χ1v) is 6.78. The maximum absolute atomic E-state index is 10.8. The molecule has 1 atom stereocenters. The highest BCUT2D eigenvalue weighted by atomic mass is 35.5. The molecule has 5 heteroatoms. The van der Waals surface area contributed by atoms with Crippen molar-refractivity contribution >= 4 is 34.9 Å². The van der Waals surface area contributed by atoms with Crippen molar-refractivity contribution < 1.29 is 9.90 Å². The molecule has 0 heterocycles. The Hall–Kier alpha value is -1.71. The molecule has 104 valence electrons. The Labute approximate surface area is 127 Å². The van der Waals surface area contributed by atoms with E-state index in [9.17, 15) is 4.79 Å². The van der Waals surface area contributed by atoms with Crippen molar-refractivity contribution in [3.05, 3.63) is 63.6 Å². The first-order chi connectivity index (χ1) is 9.47. The van der Waals surface area contributed by atoms with Gasteiger partial charge in [-0.15, -0.1) is 0 Å². The van der Waals surface area contributed by atoms with E-state index in [1.807, 2.05) is 19.1 Å². The summed E-state index contributed by atoms with van der Waals surface area (Å²) in [6, 6.07) is 12.1. The second-order valence-corrected chi connectivity index (χ2v) is 5.24. The molecule has 1 unspecified atom stereocenters. The number of carbonyl (C=O) groups is 1. The van der Waals surface area contributed by atoms with Gasteiger partial charge in [0.2, 0.25) is 0 Å². The van der Waals surface area contributed by atoms with Gasteiger partial charge in [-0.25, -0.2) is 4.79 Å². The van der Waals surface area contributed by atoms with Crippen molar-refractivity contribution in [3.8, 4) is 0 Å². The van der Waals surface area contributed by atoms with Crippen molar-refractivity contribution in [2.24, 2.45) is 0 Å². The molecule has 0 aromatic heterocycles. The molecule has 0 saturated carbocycles. The van der Waals surface area contributed by atoms with Crippen molar-refractivity contribution in [2.45, 2.75) is 13.0 Å². The fourth-order valence-corrected chi connectivity index (χ4v) is 2.13. The Kier molecular flexibility index (Phi) is 4.53. The van der Waals surface area contributed by atoms with E-state index >= 15 is 0 Å². The quantitative estimate of drug-likeness (QED) is 0.847. The number of halogens is 2. The zero-order valence-corrected chi connectivity index (χ0v) is 12.2. The minimum atomic E-state index is -0.936. The number of hydrogen-bond acceptors (Lipinski definition) is 2. The van der Waals surface area contributed by atoms with E-state index in [-0.39, 0.29) is 11.6 Å². The second kappa shape index (κ2) is 6.16. The van der Waals surface area contributed by atoms with Gasteiger partial charge < -0.3 is 10.4 Å². The van der Waals surface area contributed by atoms with Crippen LogP contribution >= 0.6 is 23.2 Å². The number of carboxylic acid groups (broad SMARTS) is 1. The van der Waals surface area contributed by atoms with Crippen LogP contribution in [0.1, 0.15) is 28.9 Å². The SMILES string of the molecule is CC(Nc1ccc(C(=O)O)cc1)c1ccc(Cl)c(Cl)c1. The highest BCUT2D eigenvalue weighted by molar-refractivity contribution is 6.42. The number of nitrogens with one attached hydrogen (secondary N) is 1. The average Bonchev–Trinajstić information content (AvgIpc) is 2.42. The molecule has 3 nitrogen and oxygen atoms in total. The van der Waals surface area contributed by atoms with E-state index in [1.54, 1.807) is 30.3 Å². The van der Waals surface area contributed by atoms with Crippen LogP contribution < -0.4 is 5.32 Å². The molecule has 0 fully saturated rings. The normalized spacial score (nSPS) is 11.9. The van der Waals surface area contributed by atoms with Crippen molar-refractivity contribution in [3.63, 3.8) is 0 Å². The predicted molar refractivity (Wildman–Crippen MR) is 81.9 cm³/mol. The molecule has 0 radical (unpaired) electrons. The largest absolute Gasteiger partial charge is 0.478 e. The van der Waals surface area contributed by atoms with Crippen molar-refractivity contribution in [1.82, 2.24) is 0 Å². The molecule has 0 amide bonds. The molecular formula is C15H13Cl2NO2.